The van der Waals surface area contributed by atoms with Gasteiger partial charge in [0.05, 0.1) is 11.2 Å². The number of amides is 1. The summed E-state index contributed by atoms with van der Waals surface area (Å²) in [4.78, 5) is 13.0. The molecule has 1 heterocycles. The van der Waals surface area contributed by atoms with Gasteiger partial charge in [0, 0.05) is 12.1 Å². The second kappa shape index (κ2) is 9.64. The average molecular weight is 447 g/mol. The van der Waals surface area contributed by atoms with Gasteiger partial charge >= 0.3 is 0 Å². The van der Waals surface area contributed by atoms with Gasteiger partial charge in [-0.1, -0.05) is 66.7 Å². The number of sulfonamides is 1. The van der Waals surface area contributed by atoms with Gasteiger partial charge in [-0.25, -0.2) is 13.1 Å². The van der Waals surface area contributed by atoms with Crippen LogP contribution in [0.2, 0.25) is 0 Å². The van der Waals surface area contributed by atoms with Crippen molar-refractivity contribution in [3.05, 3.63) is 126 Å². The molecule has 0 aliphatic heterocycles. The van der Waals surface area contributed by atoms with E-state index in [0.717, 1.165) is 11.1 Å². The van der Waals surface area contributed by atoms with Gasteiger partial charge in [-0.3, -0.25) is 4.79 Å². The maximum Gasteiger partial charge on any atom is 0.252 e. The van der Waals surface area contributed by atoms with Crippen LogP contribution < -0.4 is 10.0 Å². The minimum atomic E-state index is -3.79. The Morgan fingerprint density at radius 3 is 2.25 bits per heavy atom. The standard InChI is InChI=1S/C25H22N2O4S/c28-25(27-24(23-15-8-16-31-23)20-11-5-2-6-12-20)21-13-7-14-22(17-21)32(29,30)26-18-19-9-3-1-4-10-19/h1-17,24,26H,18H2,(H,27,28). The predicted octanol–water partition coefficient (Wildman–Crippen LogP) is 4.28. The molecule has 4 rings (SSSR count). The highest BCUT2D eigenvalue weighted by Gasteiger charge is 2.21. The monoisotopic (exact) mass is 446 g/mol. The first-order valence-corrected chi connectivity index (χ1v) is 11.5. The number of furan rings is 1. The molecule has 3 aromatic carbocycles. The van der Waals surface area contributed by atoms with E-state index in [2.05, 4.69) is 10.0 Å². The summed E-state index contributed by atoms with van der Waals surface area (Å²) in [5.41, 5.74) is 1.93. The molecule has 7 heteroatoms. The maximum atomic E-state index is 13.0. The fourth-order valence-electron chi connectivity index (χ4n) is 3.30. The molecule has 0 radical (unpaired) electrons. The second-order valence-electron chi connectivity index (χ2n) is 7.17. The molecule has 0 spiro atoms. The molecule has 2 N–H and O–H groups in total. The number of nitrogens with one attached hydrogen (secondary N) is 2. The second-order valence-corrected chi connectivity index (χ2v) is 8.94. The fraction of sp³-hybridized carbons (Fsp3) is 0.0800. The van der Waals surface area contributed by atoms with Gasteiger partial charge in [-0.05, 0) is 41.5 Å². The molecule has 0 fully saturated rings. The molecule has 0 saturated heterocycles. The SMILES string of the molecule is O=C(NC(c1ccccc1)c1ccco1)c1cccc(S(=O)(=O)NCc2ccccc2)c1. The van der Waals surface area contributed by atoms with Crippen LogP contribution in [-0.2, 0) is 16.6 Å². The summed E-state index contributed by atoms with van der Waals surface area (Å²) in [7, 11) is -3.79. The Morgan fingerprint density at radius 1 is 0.844 bits per heavy atom. The summed E-state index contributed by atoms with van der Waals surface area (Å²) in [5, 5.41) is 2.94. The number of benzene rings is 3. The van der Waals surface area contributed by atoms with Gasteiger partial charge in [0.2, 0.25) is 10.0 Å². The van der Waals surface area contributed by atoms with Crippen molar-refractivity contribution in [3.8, 4) is 0 Å². The van der Waals surface area contributed by atoms with Crippen LogP contribution in [0.3, 0.4) is 0 Å². The van der Waals surface area contributed by atoms with Crippen LogP contribution in [0, 0.1) is 0 Å². The fourth-order valence-corrected chi connectivity index (χ4v) is 4.36. The maximum absolute atomic E-state index is 13.0. The van der Waals surface area contributed by atoms with Crippen molar-refractivity contribution in [2.24, 2.45) is 0 Å². The number of rotatable bonds is 8. The summed E-state index contributed by atoms with van der Waals surface area (Å²) in [6, 6.07) is 27.7. The number of carbonyl (C=O) groups is 1. The molecular weight excluding hydrogens is 424 g/mol. The molecule has 4 aromatic rings. The average Bonchev–Trinajstić information content (AvgIpc) is 3.37. The van der Waals surface area contributed by atoms with E-state index in [4.69, 9.17) is 4.42 Å². The summed E-state index contributed by atoms with van der Waals surface area (Å²) < 4.78 is 33.6. The van der Waals surface area contributed by atoms with Gasteiger partial charge < -0.3 is 9.73 Å². The van der Waals surface area contributed by atoms with Crippen molar-refractivity contribution < 1.29 is 17.6 Å². The summed E-state index contributed by atoms with van der Waals surface area (Å²) in [6.07, 6.45) is 1.54. The Bertz CT molecular complexity index is 1270. The van der Waals surface area contributed by atoms with Gasteiger partial charge in [0.1, 0.15) is 11.8 Å². The van der Waals surface area contributed by atoms with Crippen molar-refractivity contribution in [1.29, 1.82) is 0 Å². The van der Waals surface area contributed by atoms with E-state index in [1.165, 1.54) is 12.1 Å². The third kappa shape index (κ3) is 5.14. The lowest BCUT2D eigenvalue weighted by molar-refractivity contribution is 0.0938. The van der Waals surface area contributed by atoms with Crippen LogP contribution >= 0.6 is 0 Å². The lowest BCUT2D eigenvalue weighted by Crippen LogP contribution is -2.29. The van der Waals surface area contributed by atoms with E-state index < -0.39 is 22.0 Å². The van der Waals surface area contributed by atoms with E-state index in [-0.39, 0.29) is 17.0 Å². The van der Waals surface area contributed by atoms with Crippen LogP contribution in [0.5, 0.6) is 0 Å². The molecule has 1 aromatic heterocycles. The van der Waals surface area contributed by atoms with Gasteiger partial charge in [-0.2, -0.15) is 0 Å². The Balaban J connectivity index is 1.53. The molecule has 0 aliphatic carbocycles. The molecule has 6 nitrogen and oxygen atoms in total. The molecule has 0 bridgehead atoms. The number of carbonyl (C=O) groups excluding carboxylic acids is 1. The van der Waals surface area contributed by atoms with Crippen molar-refractivity contribution in [1.82, 2.24) is 10.0 Å². The number of hydrogen-bond acceptors (Lipinski definition) is 4. The highest BCUT2D eigenvalue weighted by Crippen LogP contribution is 2.23. The normalized spacial score (nSPS) is 12.2. The van der Waals surface area contributed by atoms with Crippen LogP contribution in [0.25, 0.3) is 0 Å². The number of hydrogen-bond donors (Lipinski definition) is 2. The zero-order valence-corrected chi connectivity index (χ0v) is 18.0. The van der Waals surface area contributed by atoms with Crippen molar-refractivity contribution in [3.63, 3.8) is 0 Å². The van der Waals surface area contributed by atoms with E-state index >= 15 is 0 Å². The van der Waals surface area contributed by atoms with E-state index in [0.29, 0.717) is 5.76 Å². The van der Waals surface area contributed by atoms with Crippen molar-refractivity contribution in [2.45, 2.75) is 17.5 Å². The summed E-state index contributed by atoms with van der Waals surface area (Å²) >= 11 is 0. The van der Waals surface area contributed by atoms with Crippen LogP contribution in [-0.4, -0.2) is 14.3 Å². The quantitative estimate of drug-likeness (QED) is 0.423. The molecular formula is C25H22N2O4S. The van der Waals surface area contributed by atoms with Crippen LogP contribution in [0.1, 0.15) is 33.3 Å². The molecule has 162 valence electrons. The Morgan fingerprint density at radius 2 is 1.56 bits per heavy atom. The van der Waals surface area contributed by atoms with Crippen LogP contribution in [0.4, 0.5) is 0 Å². The van der Waals surface area contributed by atoms with Crippen LogP contribution in [0.15, 0.2) is 113 Å². The zero-order valence-electron chi connectivity index (χ0n) is 17.1. The predicted molar refractivity (Wildman–Crippen MR) is 121 cm³/mol. The zero-order chi connectivity index (χ0) is 22.4. The first kappa shape index (κ1) is 21.5. The largest absolute Gasteiger partial charge is 0.467 e. The highest BCUT2D eigenvalue weighted by molar-refractivity contribution is 7.89. The lowest BCUT2D eigenvalue weighted by atomic mass is 10.0. The summed E-state index contributed by atoms with van der Waals surface area (Å²) in [6.45, 7) is 0.161. The van der Waals surface area contributed by atoms with E-state index in [1.54, 1.807) is 30.5 Å². The minimum absolute atomic E-state index is 0.0235. The lowest BCUT2D eigenvalue weighted by Gasteiger charge is -2.17. The minimum Gasteiger partial charge on any atom is -0.467 e. The first-order chi connectivity index (χ1) is 15.5. The molecule has 0 saturated carbocycles. The molecule has 1 unspecified atom stereocenters. The smallest absolute Gasteiger partial charge is 0.252 e. The molecule has 0 aliphatic rings. The first-order valence-electron chi connectivity index (χ1n) is 10.1. The van der Waals surface area contributed by atoms with Gasteiger partial charge in [-0.15, -0.1) is 0 Å². The van der Waals surface area contributed by atoms with E-state index in [9.17, 15) is 13.2 Å². The third-order valence-electron chi connectivity index (χ3n) is 4.95. The molecule has 32 heavy (non-hydrogen) atoms. The summed E-state index contributed by atoms with van der Waals surface area (Å²) in [5.74, 6) is 0.174. The topological polar surface area (TPSA) is 88.4 Å². The Labute approximate surface area is 187 Å². The third-order valence-corrected chi connectivity index (χ3v) is 6.35. The van der Waals surface area contributed by atoms with Gasteiger partial charge in [0.25, 0.3) is 5.91 Å². The Kier molecular flexibility index (Phi) is 6.49. The molecule has 1 amide bonds. The Hall–Kier alpha value is -3.68. The van der Waals surface area contributed by atoms with Gasteiger partial charge in [0.15, 0.2) is 0 Å². The van der Waals surface area contributed by atoms with Crippen molar-refractivity contribution >= 4 is 15.9 Å². The highest BCUT2D eigenvalue weighted by atomic mass is 32.2. The molecule has 1 atom stereocenters. The van der Waals surface area contributed by atoms with Crippen molar-refractivity contribution in [2.75, 3.05) is 0 Å². The van der Waals surface area contributed by atoms with E-state index in [1.807, 2.05) is 60.7 Å².